The monoisotopic (exact) mass is 576 g/mol. The van der Waals surface area contributed by atoms with E-state index in [0.29, 0.717) is 27.0 Å². The average Bonchev–Trinajstić information content (AvgIpc) is 2.96. The van der Waals surface area contributed by atoms with Gasteiger partial charge in [-0.2, -0.15) is 0 Å². The molecule has 0 fully saturated rings. The summed E-state index contributed by atoms with van der Waals surface area (Å²) in [5.74, 6) is -0.669. The van der Waals surface area contributed by atoms with Gasteiger partial charge in [-0.05, 0) is 66.7 Å². The largest absolute Gasteiger partial charge is 0.354 e. The van der Waals surface area contributed by atoms with Crippen LogP contribution < -0.4 is 21.3 Å². The van der Waals surface area contributed by atoms with Crippen molar-refractivity contribution in [1.29, 1.82) is 0 Å². The van der Waals surface area contributed by atoms with Crippen LogP contribution in [0, 0.1) is 0 Å². The second kappa shape index (κ2) is 12.1. The van der Waals surface area contributed by atoms with Gasteiger partial charge in [0.05, 0.1) is 22.7 Å². The first-order valence-electron chi connectivity index (χ1n) is 12.3. The number of amides is 2. The fourth-order valence-corrected chi connectivity index (χ4v) is 4.49. The second-order valence-electron chi connectivity index (χ2n) is 8.71. The van der Waals surface area contributed by atoms with Crippen molar-refractivity contribution in [2.45, 2.75) is 0 Å². The molecule has 0 bridgehead atoms. The Labute approximate surface area is 235 Å². The van der Waals surface area contributed by atoms with Gasteiger partial charge in [0.1, 0.15) is 0 Å². The molecule has 0 heterocycles. The summed E-state index contributed by atoms with van der Waals surface area (Å²) in [5.41, 5.74) is 5.27. The highest BCUT2D eigenvalue weighted by Gasteiger charge is 2.15. The Morgan fingerprint density at radius 3 is 1.23 bits per heavy atom. The van der Waals surface area contributed by atoms with Crippen LogP contribution in [-0.2, 0) is 0 Å². The van der Waals surface area contributed by atoms with Crippen LogP contribution in [0.15, 0.2) is 132 Å². The van der Waals surface area contributed by atoms with Crippen molar-refractivity contribution in [3.05, 3.63) is 143 Å². The Kier molecular flexibility index (Phi) is 8.00. The van der Waals surface area contributed by atoms with Crippen molar-refractivity contribution in [2.75, 3.05) is 21.3 Å². The number of hydrogen-bond acceptors (Lipinski definition) is 4. The Hall–Kier alpha value is -4.88. The molecule has 0 spiro atoms. The summed E-state index contributed by atoms with van der Waals surface area (Å²) < 4.78 is 0.617. The molecule has 0 aliphatic rings. The molecule has 5 aromatic carbocycles. The van der Waals surface area contributed by atoms with Gasteiger partial charge in [0.15, 0.2) is 0 Å². The molecule has 0 saturated carbocycles. The zero-order valence-electron chi connectivity index (χ0n) is 20.8. The van der Waals surface area contributed by atoms with Crippen molar-refractivity contribution < 1.29 is 9.59 Å². The maximum Gasteiger partial charge on any atom is 0.255 e. The summed E-state index contributed by atoms with van der Waals surface area (Å²) in [4.78, 5) is 26.5. The molecular formula is C32H25BrN4O2. The third-order valence-corrected chi connectivity index (χ3v) is 6.34. The number of rotatable bonds is 8. The van der Waals surface area contributed by atoms with Gasteiger partial charge in [-0.15, -0.1) is 0 Å². The second-order valence-corrected chi connectivity index (χ2v) is 9.63. The number of nitrogens with one attached hydrogen (secondary N) is 4. The third-order valence-electron chi connectivity index (χ3n) is 5.88. The Morgan fingerprint density at radius 2 is 0.821 bits per heavy atom. The van der Waals surface area contributed by atoms with Gasteiger partial charge in [-0.3, -0.25) is 9.59 Å². The molecule has 39 heavy (non-hydrogen) atoms. The first kappa shape index (κ1) is 25.8. The zero-order chi connectivity index (χ0) is 27.0. The van der Waals surface area contributed by atoms with Gasteiger partial charge in [0, 0.05) is 27.0 Å². The van der Waals surface area contributed by atoms with Crippen LogP contribution in [-0.4, -0.2) is 11.8 Å². The van der Waals surface area contributed by atoms with Crippen LogP contribution in [0.3, 0.4) is 0 Å². The van der Waals surface area contributed by atoms with E-state index < -0.39 is 0 Å². The molecule has 0 atom stereocenters. The summed E-state index contributed by atoms with van der Waals surface area (Å²) in [6, 6.07) is 39.3. The van der Waals surface area contributed by atoms with Gasteiger partial charge in [-0.1, -0.05) is 76.6 Å². The number of hydrogen-bond donors (Lipinski definition) is 4. The highest BCUT2D eigenvalue weighted by atomic mass is 79.9. The van der Waals surface area contributed by atoms with Crippen LogP contribution in [0.5, 0.6) is 0 Å². The Bertz CT molecular complexity index is 1490. The first-order valence-corrected chi connectivity index (χ1v) is 13.1. The number of anilines is 6. The van der Waals surface area contributed by atoms with E-state index in [0.717, 1.165) is 22.7 Å². The minimum absolute atomic E-state index is 0.334. The highest BCUT2D eigenvalue weighted by molar-refractivity contribution is 9.10. The summed E-state index contributed by atoms with van der Waals surface area (Å²) in [5, 5.41) is 12.6. The molecule has 0 aromatic heterocycles. The van der Waals surface area contributed by atoms with Gasteiger partial charge in [0.25, 0.3) is 11.8 Å². The van der Waals surface area contributed by atoms with Crippen molar-refractivity contribution in [2.24, 2.45) is 0 Å². The molecule has 5 rings (SSSR count). The van der Waals surface area contributed by atoms with Crippen LogP contribution in [0.25, 0.3) is 0 Å². The summed E-state index contributed by atoms with van der Waals surface area (Å²) in [7, 11) is 0. The topological polar surface area (TPSA) is 82.3 Å². The molecule has 2 amide bonds. The van der Waals surface area contributed by atoms with Crippen LogP contribution in [0.4, 0.5) is 34.1 Å². The quantitative estimate of drug-likeness (QED) is 0.149. The fraction of sp³-hybridized carbons (Fsp3) is 0. The first-order chi connectivity index (χ1) is 19.0. The smallest absolute Gasteiger partial charge is 0.255 e. The van der Waals surface area contributed by atoms with Crippen molar-refractivity contribution >= 4 is 61.9 Å². The zero-order valence-corrected chi connectivity index (χ0v) is 22.4. The van der Waals surface area contributed by atoms with Crippen molar-refractivity contribution in [3.63, 3.8) is 0 Å². The highest BCUT2D eigenvalue weighted by Crippen LogP contribution is 2.28. The lowest BCUT2D eigenvalue weighted by Crippen LogP contribution is -2.17. The summed E-state index contributed by atoms with van der Waals surface area (Å²) in [6.45, 7) is 0. The molecular weight excluding hydrogens is 552 g/mol. The van der Waals surface area contributed by atoms with Crippen LogP contribution in [0.1, 0.15) is 20.7 Å². The Balaban J connectivity index is 1.34. The van der Waals surface area contributed by atoms with E-state index in [4.69, 9.17) is 0 Å². The molecule has 0 radical (unpaired) electrons. The summed E-state index contributed by atoms with van der Waals surface area (Å²) >= 11 is 3.45. The molecule has 6 nitrogen and oxygen atoms in total. The number of carbonyl (C=O) groups excluding carboxylic acids is 2. The number of benzene rings is 5. The molecule has 192 valence electrons. The van der Waals surface area contributed by atoms with Crippen LogP contribution in [0.2, 0.25) is 0 Å². The number of carbonyl (C=O) groups is 2. The van der Waals surface area contributed by atoms with E-state index in [1.807, 2.05) is 109 Å². The predicted octanol–water partition coefficient (Wildman–Crippen LogP) is 8.44. The average molecular weight is 577 g/mol. The van der Waals surface area contributed by atoms with E-state index in [-0.39, 0.29) is 11.8 Å². The molecule has 0 unspecified atom stereocenters. The predicted molar refractivity (Wildman–Crippen MR) is 162 cm³/mol. The normalized spacial score (nSPS) is 10.4. The minimum Gasteiger partial charge on any atom is -0.354 e. The van der Waals surface area contributed by atoms with E-state index in [1.165, 1.54) is 0 Å². The van der Waals surface area contributed by atoms with Gasteiger partial charge < -0.3 is 21.3 Å². The fourth-order valence-electron chi connectivity index (χ4n) is 4.00. The lowest BCUT2D eigenvalue weighted by Gasteiger charge is -2.15. The molecule has 5 aromatic rings. The summed E-state index contributed by atoms with van der Waals surface area (Å²) in [6.07, 6.45) is 0. The molecule has 7 heteroatoms. The lowest BCUT2D eigenvalue weighted by molar-refractivity contribution is 0.102. The van der Waals surface area contributed by atoms with Crippen molar-refractivity contribution in [3.8, 4) is 0 Å². The van der Waals surface area contributed by atoms with Crippen LogP contribution >= 0.6 is 15.9 Å². The van der Waals surface area contributed by atoms with Crippen molar-refractivity contribution in [1.82, 2.24) is 0 Å². The molecule has 4 N–H and O–H groups in total. The third kappa shape index (κ3) is 6.71. The lowest BCUT2D eigenvalue weighted by atomic mass is 10.1. The molecule has 0 saturated heterocycles. The number of para-hydroxylation sites is 6. The SMILES string of the molecule is O=C(Nc1ccccc1Nc1ccccc1)c1cc(Br)cc(C(=O)Nc2ccccc2Nc2ccccc2)c1. The van der Waals surface area contributed by atoms with E-state index >= 15 is 0 Å². The molecule has 0 aliphatic carbocycles. The van der Waals surface area contributed by atoms with Gasteiger partial charge in [0.2, 0.25) is 0 Å². The maximum absolute atomic E-state index is 13.3. The minimum atomic E-state index is -0.334. The van der Waals surface area contributed by atoms with Gasteiger partial charge in [-0.25, -0.2) is 0 Å². The maximum atomic E-state index is 13.3. The Morgan fingerprint density at radius 1 is 0.462 bits per heavy atom. The molecule has 0 aliphatic heterocycles. The van der Waals surface area contributed by atoms with E-state index in [1.54, 1.807) is 18.2 Å². The standard InChI is InChI=1S/C32H25BrN4O2/c33-24-20-22(31(38)36-29-17-9-7-15-27(29)34-25-11-3-1-4-12-25)19-23(21-24)32(39)37-30-18-10-8-16-28(30)35-26-13-5-2-6-14-26/h1-21,34-35H,(H,36,38)(H,37,39). The van der Waals surface area contributed by atoms with Gasteiger partial charge >= 0.3 is 0 Å². The van der Waals surface area contributed by atoms with E-state index in [9.17, 15) is 9.59 Å². The number of halogens is 1. The van der Waals surface area contributed by atoms with E-state index in [2.05, 4.69) is 37.2 Å².